The highest BCUT2D eigenvalue weighted by Gasteiger charge is 2.56. The number of methoxy groups -OCH3 is 1. The van der Waals surface area contributed by atoms with E-state index >= 15 is 0 Å². The van der Waals surface area contributed by atoms with Gasteiger partial charge in [-0.1, -0.05) is 0 Å². The van der Waals surface area contributed by atoms with Crippen molar-refractivity contribution < 1.29 is 19.3 Å². The highest BCUT2D eigenvalue weighted by atomic mass is 16.7. The molecule has 0 aromatic heterocycles. The molecule has 5 rings (SSSR count). The molecule has 3 aliphatic heterocycles. The van der Waals surface area contributed by atoms with Crippen LogP contribution in [-0.2, 0) is 11.2 Å². The molecule has 0 bridgehead atoms. The highest BCUT2D eigenvalue weighted by molar-refractivity contribution is 5.54. The molecule has 0 saturated carbocycles. The van der Waals surface area contributed by atoms with Crippen molar-refractivity contribution in [1.82, 2.24) is 4.90 Å². The van der Waals surface area contributed by atoms with Crippen molar-refractivity contribution in [1.29, 1.82) is 0 Å². The zero-order chi connectivity index (χ0) is 15.6. The van der Waals surface area contributed by atoms with Crippen LogP contribution >= 0.6 is 0 Å². The summed E-state index contributed by atoms with van der Waals surface area (Å²) < 4.78 is 16.6. The summed E-state index contributed by atoms with van der Waals surface area (Å²) in [7, 11) is 1.65. The largest absolute Gasteiger partial charge is 0.499 e. The minimum atomic E-state index is -0.599. The molecular formula is C18H21NO4. The van der Waals surface area contributed by atoms with Crippen LogP contribution in [0.15, 0.2) is 24.0 Å². The topological polar surface area (TPSA) is 51.2 Å². The predicted molar refractivity (Wildman–Crippen MR) is 83.6 cm³/mol. The molecule has 1 N–H and O–H groups in total. The van der Waals surface area contributed by atoms with Crippen molar-refractivity contribution in [2.75, 3.05) is 27.0 Å². The van der Waals surface area contributed by atoms with Crippen LogP contribution in [0.3, 0.4) is 0 Å². The fourth-order valence-corrected chi connectivity index (χ4v) is 4.99. The van der Waals surface area contributed by atoms with Gasteiger partial charge in [0.1, 0.15) is 11.9 Å². The van der Waals surface area contributed by atoms with E-state index in [1.807, 2.05) is 0 Å². The molecule has 23 heavy (non-hydrogen) atoms. The molecule has 3 heterocycles. The predicted octanol–water partition coefficient (Wildman–Crippen LogP) is 1.79. The molecule has 0 radical (unpaired) electrons. The lowest BCUT2D eigenvalue weighted by molar-refractivity contribution is 0.0782. The Balaban J connectivity index is 1.70. The summed E-state index contributed by atoms with van der Waals surface area (Å²) >= 11 is 0. The molecule has 1 saturated heterocycles. The van der Waals surface area contributed by atoms with Gasteiger partial charge in [0.2, 0.25) is 6.79 Å². The maximum Gasteiger partial charge on any atom is 0.231 e. The lowest BCUT2D eigenvalue weighted by atomic mass is 9.78. The number of hydrogen-bond acceptors (Lipinski definition) is 5. The van der Waals surface area contributed by atoms with Gasteiger partial charge in [-0.3, -0.25) is 4.90 Å². The average molecular weight is 315 g/mol. The van der Waals surface area contributed by atoms with E-state index < -0.39 is 6.10 Å². The molecule has 1 aromatic rings. The lowest BCUT2D eigenvalue weighted by Crippen LogP contribution is -2.46. The number of rotatable bonds is 1. The van der Waals surface area contributed by atoms with E-state index in [0.29, 0.717) is 5.76 Å². The minimum absolute atomic E-state index is 0.00644. The normalized spacial score (nSPS) is 34.4. The van der Waals surface area contributed by atoms with Crippen LogP contribution < -0.4 is 9.47 Å². The Hall–Kier alpha value is -1.72. The van der Waals surface area contributed by atoms with Gasteiger partial charge in [0.05, 0.1) is 12.6 Å². The smallest absolute Gasteiger partial charge is 0.231 e. The Kier molecular flexibility index (Phi) is 2.77. The molecule has 5 nitrogen and oxygen atoms in total. The summed E-state index contributed by atoms with van der Waals surface area (Å²) in [6.07, 6.45) is 4.78. The van der Waals surface area contributed by atoms with Crippen LogP contribution in [-0.4, -0.2) is 48.6 Å². The molecule has 1 aromatic carbocycles. The standard InChI is InChI=1S/C18H21NO4/c1-21-15-9-18-4-2-5-19(18)6-3-11-7-13-14(23-10-22-13)8-12(11)16(18)17(15)20/h7-9,16-17,20H,2-6,10H2,1H3/t16-,17-,18?/m1/s1. The van der Waals surface area contributed by atoms with E-state index in [-0.39, 0.29) is 18.2 Å². The Morgan fingerprint density at radius 2 is 2.09 bits per heavy atom. The summed E-state index contributed by atoms with van der Waals surface area (Å²) in [5.41, 5.74) is 2.33. The van der Waals surface area contributed by atoms with Crippen LogP contribution in [0.4, 0.5) is 0 Å². The number of hydrogen-bond donors (Lipinski definition) is 1. The van der Waals surface area contributed by atoms with E-state index in [9.17, 15) is 5.11 Å². The van der Waals surface area contributed by atoms with Crippen molar-refractivity contribution in [2.24, 2.45) is 0 Å². The highest BCUT2D eigenvalue weighted by Crippen LogP contribution is 2.54. The lowest BCUT2D eigenvalue weighted by Gasteiger charge is -2.38. The van der Waals surface area contributed by atoms with Crippen molar-refractivity contribution >= 4 is 0 Å². The summed E-state index contributed by atoms with van der Waals surface area (Å²) in [6, 6.07) is 4.19. The number of benzene rings is 1. The number of fused-ring (bicyclic) bond motifs is 3. The third-order valence-corrected chi connectivity index (χ3v) is 5.99. The number of aliphatic hydroxyl groups excluding tert-OH is 1. The minimum Gasteiger partial charge on any atom is -0.499 e. The fraction of sp³-hybridized carbons (Fsp3) is 0.556. The molecule has 1 fully saturated rings. The quantitative estimate of drug-likeness (QED) is 0.856. The first-order chi connectivity index (χ1) is 11.2. The molecule has 122 valence electrons. The molecule has 0 amide bonds. The summed E-state index contributed by atoms with van der Waals surface area (Å²) in [4.78, 5) is 2.53. The SMILES string of the molecule is COC1=CC23CCCN2CCc2cc4c(cc2[C@@H]3[C@@H]1O)OCO4. The molecular weight excluding hydrogens is 294 g/mol. The van der Waals surface area contributed by atoms with Gasteiger partial charge in [-0.05, 0) is 55.1 Å². The molecule has 4 aliphatic rings. The van der Waals surface area contributed by atoms with Crippen LogP contribution in [0.1, 0.15) is 29.9 Å². The Morgan fingerprint density at radius 1 is 1.26 bits per heavy atom. The van der Waals surface area contributed by atoms with E-state index in [0.717, 1.165) is 43.9 Å². The maximum atomic E-state index is 11.0. The van der Waals surface area contributed by atoms with Gasteiger partial charge in [-0.2, -0.15) is 0 Å². The van der Waals surface area contributed by atoms with Gasteiger partial charge in [0.15, 0.2) is 11.5 Å². The first-order valence-corrected chi connectivity index (χ1v) is 8.35. The van der Waals surface area contributed by atoms with Crippen molar-refractivity contribution in [3.8, 4) is 11.5 Å². The third kappa shape index (κ3) is 1.69. The summed E-state index contributed by atoms with van der Waals surface area (Å²) in [5.74, 6) is 2.33. The van der Waals surface area contributed by atoms with Gasteiger partial charge >= 0.3 is 0 Å². The Labute approximate surface area is 135 Å². The van der Waals surface area contributed by atoms with Crippen LogP contribution in [0, 0.1) is 0 Å². The van der Waals surface area contributed by atoms with Gasteiger partial charge in [0, 0.05) is 12.5 Å². The van der Waals surface area contributed by atoms with Crippen molar-refractivity contribution in [3.05, 3.63) is 35.1 Å². The fourth-order valence-electron chi connectivity index (χ4n) is 4.99. The second kappa shape index (κ2) is 4.65. The Morgan fingerprint density at radius 3 is 2.91 bits per heavy atom. The zero-order valence-corrected chi connectivity index (χ0v) is 13.2. The molecule has 1 aliphatic carbocycles. The van der Waals surface area contributed by atoms with Gasteiger partial charge in [-0.25, -0.2) is 0 Å². The van der Waals surface area contributed by atoms with Crippen LogP contribution in [0.5, 0.6) is 11.5 Å². The van der Waals surface area contributed by atoms with Gasteiger partial charge in [0.25, 0.3) is 0 Å². The summed E-state index contributed by atoms with van der Waals surface area (Å²) in [6.45, 7) is 2.37. The first-order valence-electron chi connectivity index (χ1n) is 8.35. The molecule has 5 heteroatoms. The second-order valence-electron chi connectivity index (χ2n) is 6.91. The third-order valence-electron chi connectivity index (χ3n) is 5.99. The Bertz CT molecular complexity index is 701. The van der Waals surface area contributed by atoms with Crippen molar-refractivity contribution in [2.45, 2.75) is 36.8 Å². The molecule has 3 atom stereocenters. The van der Waals surface area contributed by atoms with Gasteiger partial charge < -0.3 is 19.3 Å². The monoisotopic (exact) mass is 315 g/mol. The first kappa shape index (κ1) is 13.7. The summed E-state index contributed by atoms with van der Waals surface area (Å²) in [5, 5.41) is 11.0. The van der Waals surface area contributed by atoms with E-state index in [1.165, 1.54) is 11.1 Å². The van der Waals surface area contributed by atoms with Crippen LogP contribution in [0.25, 0.3) is 0 Å². The zero-order valence-electron chi connectivity index (χ0n) is 13.2. The maximum absolute atomic E-state index is 11.0. The van der Waals surface area contributed by atoms with E-state index in [2.05, 4.69) is 23.1 Å². The van der Waals surface area contributed by atoms with E-state index in [4.69, 9.17) is 14.2 Å². The molecule has 1 unspecified atom stereocenters. The second-order valence-corrected chi connectivity index (χ2v) is 6.91. The van der Waals surface area contributed by atoms with Crippen molar-refractivity contribution in [3.63, 3.8) is 0 Å². The average Bonchev–Trinajstić information content (AvgIpc) is 3.21. The molecule has 1 spiro atoms. The number of aliphatic hydroxyl groups is 1. The number of nitrogens with zero attached hydrogens (tertiary/aromatic N) is 1. The van der Waals surface area contributed by atoms with E-state index in [1.54, 1.807) is 7.11 Å². The van der Waals surface area contributed by atoms with Gasteiger partial charge in [-0.15, -0.1) is 0 Å². The number of ether oxygens (including phenoxy) is 3. The van der Waals surface area contributed by atoms with Crippen LogP contribution in [0.2, 0.25) is 0 Å².